The fourth-order valence-corrected chi connectivity index (χ4v) is 4.06. The highest BCUT2D eigenvalue weighted by Gasteiger charge is 2.23. The first-order valence-corrected chi connectivity index (χ1v) is 11.1. The van der Waals surface area contributed by atoms with Gasteiger partial charge in [0, 0.05) is 48.6 Å². The Morgan fingerprint density at radius 1 is 1.26 bits per heavy atom. The second-order valence-corrected chi connectivity index (χ2v) is 8.26. The molecule has 1 fully saturated rings. The highest BCUT2D eigenvalue weighted by atomic mass is 35.5. The number of nitrogens with zero attached hydrogens (tertiary/aromatic N) is 3. The van der Waals surface area contributed by atoms with E-state index in [0.29, 0.717) is 10.8 Å². The number of nitrogens with one attached hydrogen (secondary N) is 1. The number of piperidine rings is 1. The monoisotopic (exact) mass is 443 g/mol. The smallest absolute Gasteiger partial charge is 0.248 e. The molecule has 1 aromatic carbocycles. The van der Waals surface area contributed by atoms with Gasteiger partial charge >= 0.3 is 0 Å². The fourth-order valence-electron chi connectivity index (χ4n) is 3.73. The van der Waals surface area contributed by atoms with Crippen LogP contribution in [0.25, 0.3) is 6.08 Å². The van der Waals surface area contributed by atoms with Crippen molar-refractivity contribution in [2.75, 3.05) is 23.3 Å². The lowest BCUT2D eigenvalue weighted by Gasteiger charge is -2.32. The van der Waals surface area contributed by atoms with Crippen LogP contribution in [0.1, 0.15) is 43.9 Å². The molecular formula is C23H30ClN5O2. The van der Waals surface area contributed by atoms with Crippen LogP contribution in [0.15, 0.2) is 30.3 Å². The van der Waals surface area contributed by atoms with Crippen LogP contribution < -0.4 is 16.0 Å². The van der Waals surface area contributed by atoms with Crippen molar-refractivity contribution < 1.29 is 9.59 Å². The quantitative estimate of drug-likeness (QED) is 0.603. The SMILES string of the molecule is CCCCn1nc(C)c(/C=C/C(=O)Nc2ccc(N3CCC(C(N)=O)CC3)cc2)c1Cl. The maximum Gasteiger partial charge on any atom is 0.248 e. The van der Waals surface area contributed by atoms with E-state index in [1.165, 1.54) is 6.08 Å². The summed E-state index contributed by atoms with van der Waals surface area (Å²) >= 11 is 6.41. The second-order valence-electron chi connectivity index (χ2n) is 7.90. The van der Waals surface area contributed by atoms with Gasteiger partial charge in [0.05, 0.1) is 5.69 Å². The van der Waals surface area contributed by atoms with Gasteiger partial charge in [-0.2, -0.15) is 5.10 Å². The van der Waals surface area contributed by atoms with Crippen molar-refractivity contribution in [1.29, 1.82) is 0 Å². The molecule has 0 spiro atoms. The highest BCUT2D eigenvalue weighted by Crippen LogP contribution is 2.25. The third-order valence-corrected chi connectivity index (χ3v) is 6.03. The Balaban J connectivity index is 1.57. The number of primary amides is 1. The molecule has 3 N–H and O–H groups in total. The van der Waals surface area contributed by atoms with Crippen LogP contribution in [0.2, 0.25) is 5.15 Å². The number of amides is 2. The number of unbranched alkanes of at least 4 members (excludes halogenated alkanes) is 1. The van der Waals surface area contributed by atoms with Crippen molar-refractivity contribution >= 4 is 40.9 Å². The van der Waals surface area contributed by atoms with Crippen molar-refractivity contribution in [3.05, 3.63) is 46.8 Å². The topological polar surface area (TPSA) is 93.2 Å². The molecule has 0 radical (unpaired) electrons. The van der Waals surface area contributed by atoms with Crippen molar-refractivity contribution in [1.82, 2.24) is 9.78 Å². The lowest BCUT2D eigenvalue weighted by atomic mass is 9.96. The second kappa shape index (κ2) is 10.5. The molecule has 1 aromatic heterocycles. The summed E-state index contributed by atoms with van der Waals surface area (Å²) in [4.78, 5) is 25.9. The fraction of sp³-hybridized carbons (Fsp3) is 0.435. The summed E-state index contributed by atoms with van der Waals surface area (Å²) in [7, 11) is 0. The number of hydrogen-bond donors (Lipinski definition) is 2. The van der Waals surface area contributed by atoms with E-state index in [9.17, 15) is 9.59 Å². The highest BCUT2D eigenvalue weighted by molar-refractivity contribution is 6.31. The van der Waals surface area contributed by atoms with Crippen molar-refractivity contribution in [3.63, 3.8) is 0 Å². The van der Waals surface area contributed by atoms with Crippen LogP contribution in [0.5, 0.6) is 0 Å². The first-order valence-electron chi connectivity index (χ1n) is 10.7. The average Bonchev–Trinajstić information content (AvgIpc) is 3.04. The van der Waals surface area contributed by atoms with Gasteiger partial charge in [-0.15, -0.1) is 0 Å². The number of rotatable bonds is 8. The van der Waals surface area contributed by atoms with E-state index in [0.717, 1.165) is 62.3 Å². The number of carbonyl (C=O) groups excluding carboxylic acids is 2. The van der Waals surface area contributed by atoms with E-state index in [2.05, 4.69) is 22.2 Å². The van der Waals surface area contributed by atoms with E-state index < -0.39 is 0 Å². The van der Waals surface area contributed by atoms with Gasteiger partial charge in [-0.1, -0.05) is 24.9 Å². The van der Waals surface area contributed by atoms with Crippen LogP contribution in [0.4, 0.5) is 11.4 Å². The minimum atomic E-state index is -0.230. The summed E-state index contributed by atoms with van der Waals surface area (Å²) in [5.74, 6) is -0.472. The number of carbonyl (C=O) groups is 2. The summed E-state index contributed by atoms with van der Waals surface area (Å²) in [6.45, 7) is 6.37. The zero-order valence-electron chi connectivity index (χ0n) is 18.1. The molecule has 31 heavy (non-hydrogen) atoms. The van der Waals surface area contributed by atoms with E-state index in [1.54, 1.807) is 10.8 Å². The number of halogens is 1. The van der Waals surface area contributed by atoms with Crippen LogP contribution in [-0.2, 0) is 16.1 Å². The Kier molecular flexibility index (Phi) is 7.74. The predicted octanol–water partition coefficient (Wildman–Crippen LogP) is 4.00. The average molecular weight is 444 g/mol. The molecule has 3 rings (SSSR count). The van der Waals surface area contributed by atoms with Gasteiger partial charge in [-0.3, -0.25) is 14.3 Å². The number of hydrogen-bond acceptors (Lipinski definition) is 4. The molecule has 0 unspecified atom stereocenters. The number of nitrogens with two attached hydrogens (primary N) is 1. The number of benzene rings is 1. The van der Waals surface area contributed by atoms with E-state index in [1.807, 2.05) is 31.2 Å². The minimum absolute atomic E-state index is 0.0301. The lowest BCUT2D eigenvalue weighted by Crippen LogP contribution is -2.38. The van der Waals surface area contributed by atoms with E-state index in [4.69, 9.17) is 17.3 Å². The molecule has 0 aliphatic carbocycles. The first-order chi connectivity index (χ1) is 14.9. The molecule has 0 bridgehead atoms. The Morgan fingerprint density at radius 2 is 1.94 bits per heavy atom. The maximum absolute atomic E-state index is 12.4. The van der Waals surface area contributed by atoms with Gasteiger partial charge in [-0.05, 0) is 56.5 Å². The minimum Gasteiger partial charge on any atom is -0.371 e. The van der Waals surface area contributed by atoms with Crippen LogP contribution in [0, 0.1) is 12.8 Å². The van der Waals surface area contributed by atoms with E-state index >= 15 is 0 Å². The molecule has 0 atom stereocenters. The molecule has 1 aliphatic rings. The van der Waals surface area contributed by atoms with Gasteiger partial charge in [0.15, 0.2) is 0 Å². The Labute approximate surface area is 188 Å². The Hall–Kier alpha value is -2.80. The molecular weight excluding hydrogens is 414 g/mol. The largest absolute Gasteiger partial charge is 0.371 e. The van der Waals surface area contributed by atoms with Gasteiger partial charge in [0.1, 0.15) is 5.15 Å². The molecule has 7 nitrogen and oxygen atoms in total. The number of aromatic nitrogens is 2. The van der Waals surface area contributed by atoms with Crippen LogP contribution >= 0.6 is 11.6 Å². The van der Waals surface area contributed by atoms with Crippen molar-refractivity contribution in [2.45, 2.75) is 46.1 Å². The zero-order valence-corrected chi connectivity index (χ0v) is 18.9. The van der Waals surface area contributed by atoms with Crippen LogP contribution in [-0.4, -0.2) is 34.7 Å². The number of anilines is 2. The van der Waals surface area contributed by atoms with Crippen molar-refractivity contribution in [2.24, 2.45) is 11.7 Å². The summed E-state index contributed by atoms with van der Waals surface area (Å²) in [6, 6.07) is 7.70. The standard InChI is InChI=1S/C23H30ClN5O2/c1-3-4-13-29-22(24)20(16(2)27-29)9-10-21(30)26-18-5-7-19(8-6-18)28-14-11-17(12-15-28)23(25)31/h5-10,17H,3-4,11-15H2,1-2H3,(H2,25,31)(H,26,30)/b10-9+. The molecule has 2 heterocycles. The summed E-state index contributed by atoms with van der Waals surface area (Å²) in [5.41, 5.74) is 8.75. The van der Waals surface area contributed by atoms with Gasteiger partial charge in [0.2, 0.25) is 11.8 Å². The number of aryl methyl sites for hydroxylation is 2. The Bertz CT molecular complexity index is 944. The molecule has 1 aliphatic heterocycles. The summed E-state index contributed by atoms with van der Waals surface area (Å²) in [6.07, 6.45) is 6.80. The normalized spacial score (nSPS) is 14.9. The molecule has 8 heteroatoms. The summed E-state index contributed by atoms with van der Waals surface area (Å²) in [5, 5.41) is 7.87. The van der Waals surface area contributed by atoms with Crippen molar-refractivity contribution in [3.8, 4) is 0 Å². The summed E-state index contributed by atoms with van der Waals surface area (Å²) < 4.78 is 1.78. The first kappa shape index (κ1) is 22.9. The molecule has 1 saturated heterocycles. The van der Waals surface area contributed by atoms with Gasteiger partial charge in [-0.25, -0.2) is 0 Å². The third kappa shape index (κ3) is 5.88. The third-order valence-electron chi connectivity index (χ3n) is 5.63. The molecule has 2 aromatic rings. The molecule has 166 valence electrons. The maximum atomic E-state index is 12.4. The molecule has 0 saturated carbocycles. The van der Waals surface area contributed by atoms with Gasteiger partial charge in [0.25, 0.3) is 0 Å². The van der Waals surface area contributed by atoms with Gasteiger partial charge < -0.3 is 16.0 Å². The lowest BCUT2D eigenvalue weighted by molar-refractivity contribution is -0.122. The van der Waals surface area contributed by atoms with Crippen LogP contribution in [0.3, 0.4) is 0 Å². The van der Waals surface area contributed by atoms with E-state index in [-0.39, 0.29) is 17.7 Å². The Morgan fingerprint density at radius 3 is 2.55 bits per heavy atom. The molecule has 2 amide bonds. The zero-order chi connectivity index (χ0) is 22.4. The predicted molar refractivity (Wildman–Crippen MR) is 125 cm³/mol.